The molecule has 7 nitrogen and oxygen atoms in total. The number of anilines is 3. The highest BCUT2D eigenvalue weighted by atomic mass is 35.5. The quantitative estimate of drug-likeness (QED) is 0.669. The summed E-state index contributed by atoms with van der Waals surface area (Å²) in [5, 5.41) is 11.6. The number of carbonyl (C=O) groups is 1. The topological polar surface area (TPSA) is 74.2 Å². The van der Waals surface area contributed by atoms with Crippen molar-refractivity contribution >= 4 is 57.9 Å². The highest BCUT2D eigenvalue weighted by Gasteiger charge is 2.25. The van der Waals surface area contributed by atoms with Crippen molar-refractivity contribution in [3.8, 4) is 0 Å². The van der Waals surface area contributed by atoms with E-state index >= 15 is 0 Å². The fraction of sp³-hybridized carbons (Fsp3) is 0.222. The number of thiophene rings is 1. The van der Waals surface area contributed by atoms with Crippen molar-refractivity contribution in [3.63, 3.8) is 0 Å². The van der Waals surface area contributed by atoms with Crippen LogP contribution in [-0.4, -0.2) is 52.2 Å². The average Bonchev–Trinajstić information content (AvgIpc) is 3.07. The molecule has 28 heavy (non-hydrogen) atoms. The third-order valence-electron chi connectivity index (χ3n) is 4.35. The van der Waals surface area contributed by atoms with E-state index in [-0.39, 0.29) is 5.91 Å². The fourth-order valence-corrected chi connectivity index (χ4v) is 4.37. The second-order valence-electron chi connectivity index (χ2n) is 6.13. The third-order valence-corrected chi connectivity index (χ3v) is 5.84. The van der Waals surface area contributed by atoms with Gasteiger partial charge in [-0.1, -0.05) is 29.3 Å². The van der Waals surface area contributed by atoms with E-state index in [1.165, 1.54) is 11.3 Å². The molecule has 144 valence electrons. The summed E-state index contributed by atoms with van der Waals surface area (Å²) in [7, 11) is 0. The Bertz CT molecular complexity index is 958. The van der Waals surface area contributed by atoms with Gasteiger partial charge >= 0.3 is 0 Å². The first-order chi connectivity index (χ1) is 13.6. The fourth-order valence-electron chi connectivity index (χ4n) is 2.92. The van der Waals surface area contributed by atoms with Crippen molar-refractivity contribution in [2.24, 2.45) is 0 Å². The predicted octanol–water partition coefficient (Wildman–Crippen LogP) is 3.95. The lowest BCUT2D eigenvalue weighted by Crippen LogP contribution is -2.49. The van der Waals surface area contributed by atoms with Crippen LogP contribution >= 0.6 is 34.5 Å². The van der Waals surface area contributed by atoms with Crippen molar-refractivity contribution in [2.45, 2.75) is 0 Å². The minimum Gasteiger partial charge on any atom is -0.352 e. The first-order valence-corrected chi connectivity index (χ1v) is 10.2. The highest BCUT2D eigenvalue weighted by molar-refractivity contribution is 7.20. The van der Waals surface area contributed by atoms with E-state index in [2.05, 4.69) is 25.4 Å². The van der Waals surface area contributed by atoms with Crippen LogP contribution in [0.2, 0.25) is 8.67 Å². The van der Waals surface area contributed by atoms with Gasteiger partial charge in [-0.05, 0) is 30.3 Å². The van der Waals surface area contributed by atoms with E-state index in [0.717, 1.165) is 5.82 Å². The lowest BCUT2D eigenvalue weighted by Gasteiger charge is -2.35. The largest absolute Gasteiger partial charge is 0.352 e. The second-order valence-corrected chi connectivity index (χ2v) is 8.42. The third kappa shape index (κ3) is 4.19. The van der Waals surface area contributed by atoms with Gasteiger partial charge < -0.3 is 15.1 Å². The van der Waals surface area contributed by atoms with E-state index < -0.39 is 0 Å². The molecule has 1 amide bonds. The molecule has 3 aromatic heterocycles. The number of halogens is 2. The monoisotopic (exact) mass is 434 g/mol. The Hall–Kier alpha value is -2.42. The number of pyridine rings is 1. The number of hydrogen-bond acceptors (Lipinski definition) is 7. The van der Waals surface area contributed by atoms with Crippen molar-refractivity contribution in [1.82, 2.24) is 20.1 Å². The van der Waals surface area contributed by atoms with Crippen molar-refractivity contribution in [1.29, 1.82) is 0 Å². The van der Waals surface area contributed by atoms with Crippen LogP contribution in [0.4, 0.5) is 17.5 Å². The molecule has 4 rings (SSSR count). The Morgan fingerprint density at radius 3 is 2.46 bits per heavy atom. The summed E-state index contributed by atoms with van der Waals surface area (Å²) in [5.41, 5.74) is 0.467. The molecule has 0 bridgehead atoms. The Morgan fingerprint density at radius 2 is 1.86 bits per heavy atom. The number of amides is 1. The minimum atomic E-state index is -0.0891. The van der Waals surface area contributed by atoms with E-state index in [1.807, 2.05) is 30.3 Å². The molecule has 1 fully saturated rings. The first kappa shape index (κ1) is 18.9. The average molecular weight is 435 g/mol. The molecule has 0 aliphatic carbocycles. The molecule has 0 atom stereocenters. The van der Waals surface area contributed by atoms with Gasteiger partial charge in [-0.25, -0.2) is 4.98 Å². The van der Waals surface area contributed by atoms with Crippen LogP contribution in [0.3, 0.4) is 0 Å². The number of hydrogen-bond donors (Lipinski definition) is 1. The lowest BCUT2D eigenvalue weighted by atomic mass is 10.2. The Morgan fingerprint density at radius 1 is 1.04 bits per heavy atom. The summed E-state index contributed by atoms with van der Waals surface area (Å²) in [5.74, 6) is 2.02. The minimum absolute atomic E-state index is 0.0891. The first-order valence-electron chi connectivity index (χ1n) is 8.61. The predicted molar refractivity (Wildman–Crippen MR) is 112 cm³/mol. The van der Waals surface area contributed by atoms with Gasteiger partial charge in [-0.3, -0.25) is 4.79 Å². The van der Waals surface area contributed by atoms with E-state index in [0.29, 0.717) is 52.1 Å². The smallest absolute Gasteiger partial charge is 0.256 e. The highest BCUT2D eigenvalue weighted by Crippen LogP contribution is 2.32. The normalized spacial score (nSPS) is 14.2. The summed E-state index contributed by atoms with van der Waals surface area (Å²) in [6, 6.07) is 11.0. The zero-order chi connectivity index (χ0) is 19.5. The molecule has 0 radical (unpaired) electrons. The van der Waals surface area contributed by atoms with Crippen LogP contribution in [0.15, 0.2) is 42.6 Å². The summed E-state index contributed by atoms with van der Waals surface area (Å²) >= 11 is 13.3. The lowest BCUT2D eigenvalue weighted by molar-refractivity contribution is 0.0747. The van der Waals surface area contributed by atoms with Gasteiger partial charge in [0, 0.05) is 32.4 Å². The van der Waals surface area contributed by atoms with Crippen molar-refractivity contribution < 1.29 is 4.79 Å². The molecule has 0 spiro atoms. The maximum absolute atomic E-state index is 12.6. The number of nitrogens with one attached hydrogen (secondary N) is 1. The number of nitrogens with zero attached hydrogens (tertiary/aromatic N) is 5. The Balaban J connectivity index is 1.36. The maximum atomic E-state index is 12.6. The van der Waals surface area contributed by atoms with Crippen LogP contribution in [0.5, 0.6) is 0 Å². The number of piperazine rings is 1. The van der Waals surface area contributed by atoms with E-state index in [1.54, 1.807) is 17.2 Å². The van der Waals surface area contributed by atoms with Crippen molar-refractivity contribution in [2.75, 3.05) is 36.4 Å². The van der Waals surface area contributed by atoms with Crippen molar-refractivity contribution in [3.05, 3.63) is 56.8 Å². The van der Waals surface area contributed by atoms with Gasteiger partial charge in [0.2, 0.25) is 0 Å². The zero-order valence-corrected chi connectivity index (χ0v) is 17.0. The Kier molecular flexibility index (Phi) is 5.61. The van der Waals surface area contributed by atoms with Crippen LogP contribution in [0.1, 0.15) is 10.4 Å². The maximum Gasteiger partial charge on any atom is 0.256 e. The molecule has 0 saturated carbocycles. The molecule has 10 heteroatoms. The zero-order valence-electron chi connectivity index (χ0n) is 14.7. The summed E-state index contributed by atoms with van der Waals surface area (Å²) in [6.07, 6.45) is 1.71. The molecule has 4 heterocycles. The van der Waals surface area contributed by atoms with Gasteiger partial charge in [0.15, 0.2) is 11.6 Å². The summed E-state index contributed by atoms with van der Waals surface area (Å²) in [4.78, 5) is 20.7. The molecule has 3 aromatic rings. The van der Waals surface area contributed by atoms with Crippen LogP contribution in [-0.2, 0) is 0 Å². The van der Waals surface area contributed by atoms with Gasteiger partial charge in [0.05, 0.1) is 9.90 Å². The number of aromatic nitrogens is 3. The summed E-state index contributed by atoms with van der Waals surface area (Å²) < 4.78 is 0.945. The second kappa shape index (κ2) is 8.30. The summed E-state index contributed by atoms with van der Waals surface area (Å²) in [6.45, 7) is 2.50. The number of carbonyl (C=O) groups excluding carboxylic acids is 1. The Labute approximate surface area is 175 Å². The van der Waals surface area contributed by atoms with Crippen LogP contribution in [0.25, 0.3) is 0 Å². The number of rotatable bonds is 4. The molecular formula is C18H16Cl2N6OS. The molecule has 1 aliphatic heterocycles. The molecule has 0 aromatic carbocycles. The van der Waals surface area contributed by atoms with E-state index in [4.69, 9.17) is 23.2 Å². The van der Waals surface area contributed by atoms with Gasteiger partial charge in [-0.2, -0.15) is 0 Å². The molecule has 0 unspecified atom stereocenters. The molecule has 1 saturated heterocycles. The van der Waals surface area contributed by atoms with Gasteiger partial charge in [0.1, 0.15) is 10.2 Å². The molecule has 1 aliphatic rings. The van der Waals surface area contributed by atoms with Gasteiger partial charge in [-0.15, -0.1) is 21.5 Å². The van der Waals surface area contributed by atoms with E-state index in [9.17, 15) is 4.79 Å². The SMILES string of the molecule is O=C(c1cc(Cl)sc1Cl)N1CCN(c2ccc(Nc3ccccn3)nn2)CC1. The van der Waals surface area contributed by atoms with Gasteiger partial charge in [0.25, 0.3) is 5.91 Å². The van der Waals surface area contributed by atoms with Crippen LogP contribution < -0.4 is 10.2 Å². The standard InChI is InChI=1S/C18H16Cl2N6OS/c19-13-11-12(17(20)28-13)18(27)26-9-7-25(8-10-26)16-5-4-15(23-24-16)22-14-3-1-2-6-21-14/h1-6,11H,7-10H2,(H,21,22,23). The molecular weight excluding hydrogens is 419 g/mol. The molecule has 1 N–H and O–H groups in total. The van der Waals surface area contributed by atoms with Crippen LogP contribution in [0, 0.1) is 0 Å².